The van der Waals surface area contributed by atoms with Crippen molar-refractivity contribution in [2.45, 2.75) is 32.1 Å². The fourth-order valence-corrected chi connectivity index (χ4v) is 3.46. The molecule has 3 rings (SSSR count). The molecule has 2 aromatic rings. The summed E-state index contributed by atoms with van der Waals surface area (Å²) in [6.45, 7) is 3.13. The van der Waals surface area contributed by atoms with E-state index in [0.29, 0.717) is 0 Å². The van der Waals surface area contributed by atoms with Gasteiger partial charge in [0.15, 0.2) is 0 Å². The lowest BCUT2D eigenvalue weighted by molar-refractivity contribution is 0.250. The molecule has 1 aliphatic rings. The zero-order valence-electron chi connectivity index (χ0n) is 15.6. The van der Waals surface area contributed by atoms with Crippen LogP contribution in [0.5, 0.6) is 11.5 Å². The Labute approximate surface area is 163 Å². The average Bonchev–Trinajstić information content (AvgIpc) is 2.68. The van der Waals surface area contributed by atoms with Gasteiger partial charge in [-0.15, -0.1) is 12.4 Å². The van der Waals surface area contributed by atoms with Gasteiger partial charge in [-0.3, -0.25) is 0 Å². The van der Waals surface area contributed by atoms with Crippen molar-refractivity contribution in [3.63, 3.8) is 0 Å². The third kappa shape index (κ3) is 6.22. The molecule has 0 saturated carbocycles. The van der Waals surface area contributed by atoms with Gasteiger partial charge in [0.25, 0.3) is 0 Å². The summed E-state index contributed by atoms with van der Waals surface area (Å²) in [7, 11) is 1.71. The van der Waals surface area contributed by atoms with E-state index >= 15 is 0 Å². The molecular formula is C22H30ClNO2. The Morgan fingerprint density at radius 1 is 1.00 bits per heavy atom. The summed E-state index contributed by atoms with van der Waals surface area (Å²) in [5, 5.41) is 3.42. The van der Waals surface area contributed by atoms with Gasteiger partial charge in [-0.25, -0.2) is 0 Å². The van der Waals surface area contributed by atoms with Crippen molar-refractivity contribution in [2.75, 3.05) is 26.8 Å². The number of benzene rings is 2. The highest BCUT2D eigenvalue weighted by molar-refractivity contribution is 5.85. The minimum absolute atomic E-state index is 0. The summed E-state index contributed by atoms with van der Waals surface area (Å²) in [5.41, 5.74) is 2.58. The molecule has 0 unspecified atom stereocenters. The SMILES string of the molecule is COc1cccc(CCc2ccccc2OCCC2CCNCC2)c1.Cl. The van der Waals surface area contributed by atoms with Crippen LogP contribution in [0, 0.1) is 5.92 Å². The van der Waals surface area contributed by atoms with Crippen LogP contribution in [0.25, 0.3) is 0 Å². The third-order valence-electron chi connectivity index (χ3n) is 5.03. The summed E-state index contributed by atoms with van der Waals surface area (Å²) in [6.07, 6.45) is 5.69. The van der Waals surface area contributed by atoms with E-state index in [1.165, 1.54) is 24.0 Å². The number of hydrogen-bond acceptors (Lipinski definition) is 3. The van der Waals surface area contributed by atoms with Crippen LogP contribution in [0.15, 0.2) is 48.5 Å². The van der Waals surface area contributed by atoms with Crippen molar-refractivity contribution >= 4 is 12.4 Å². The molecule has 0 radical (unpaired) electrons. The van der Waals surface area contributed by atoms with E-state index in [2.05, 4.69) is 47.8 Å². The standard InChI is InChI=1S/C22H29NO2.ClH/c1-24-21-7-4-5-19(17-21)9-10-20-6-2-3-8-22(20)25-16-13-18-11-14-23-15-12-18;/h2-8,17-18,23H,9-16H2,1H3;1H. The molecule has 0 aromatic heterocycles. The molecule has 0 bridgehead atoms. The molecule has 1 aliphatic heterocycles. The van der Waals surface area contributed by atoms with Gasteiger partial charge in [0, 0.05) is 0 Å². The fraction of sp³-hybridized carbons (Fsp3) is 0.455. The number of rotatable bonds is 8. The van der Waals surface area contributed by atoms with Crippen molar-refractivity contribution in [3.05, 3.63) is 59.7 Å². The minimum atomic E-state index is 0. The summed E-state index contributed by atoms with van der Waals surface area (Å²) < 4.78 is 11.4. The zero-order valence-corrected chi connectivity index (χ0v) is 16.4. The first-order chi connectivity index (χ1) is 12.3. The van der Waals surface area contributed by atoms with Crippen molar-refractivity contribution in [2.24, 2.45) is 5.92 Å². The normalized spacial score (nSPS) is 14.5. The molecule has 3 nitrogen and oxygen atoms in total. The predicted octanol–water partition coefficient (Wildman–Crippen LogP) is 4.67. The summed E-state index contributed by atoms with van der Waals surface area (Å²) in [4.78, 5) is 0. The van der Waals surface area contributed by atoms with Gasteiger partial charge < -0.3 is 14.8 Å². The van der Waals surface area contributed by atoms with Gasteiger partial charge in [0.2, 0.25) is 0 Å². The second-order valence-corrected chi connectivity index (χ2v) is 6.79. The van der Waals surface area contributed by atoms with Gasteiger partial charge >= 0.3 is 0 Å². The molecule has 2 aromatic carbocycles. The first-order valence-electron chi connectivity index (χ1n) is 9.39. The molecule has 1 fully saturated rings. The zero-order chi connectivity index (χ0) is 17.3. The van der Waals surface area contributed by atoms with Crippen molar-refractivity contribution < 1.29 is 9.47 Å². The number of halogens is 1. The second kappa shape index (κ2) is 11.1. The largest absolute Gasteiger partial charge is 0.497 e. The maximum atomic E-state index is 6.13. The summed E-state index contributed by atoms with van der Waals surface area (Å²) >= 11 is 0. The van der Waals surface area contributed by atoms with E-state index in [-0.39, 0.29) is 12.4 Å². The van der Waals surface area contributed by atoms with E-state index in [4.69, 9.17) is 9.47 Å². The summed E-state index contributed by atoms with van der Waals surface area (Å²) in [5.74, 6) is 2.77. The molecule has 0 atom stereocenters. The molecule has 26 heavy (non-hydrogen) atoms. The molecular weight excluding hydrogens is 346 g/mol. The van der Waals surface area contributed by atoms with Gasteiger partial charge in [-0.2, -0.15) is 0 Å². The molecule has 4 heteroatoms. The Balaban J connectivity index is 0.00000243. The molecule has 1 heterocycles. The Hall–Kier alpha value is -1.71. The van der Waals surface area contributed by atoms with Crippen LogP contribution in [0.3, 0.4) is 0 Å². The number of aryl methyl sites for hydroxylation is 2. The van der Waals surface area contributed by atoms with Gasteiger partial charge in [-0.05, 0) is 80.4 Å². The van der Waals surface area contributed by atoms with Crippen molar-refractivity contribution in [1.82, 2.24) is 5.32 Å². The molecule has 0 aliphatic carbocycles. The average molecular weight is 376 g/mol. The van der Waals surface area contributed by atoms with Crippen LogP contribution in [-0.4, -0.2) is 26.8 Å². The first kappa shape index (κ1) is 20.6. The van der Waals surface area contributed by atoms with Crippen LogP contribution in [0.2, 0.25) is 0 Å². The van der Waals surface area contributed by atoms with E-state index in [0.717, 1.165) is 56.4 Å². The smallest absolute Gasteiger partial charge is 0.122 e. The Morgan fingerprint density at radius 2 is 1.81 bits per heavy atom. The number of methoxy groups -OCH3 is 1. The Morgan fingerprint density at radius 3 is 2.62 bits per heavy atom. The topological polar surface area (TPSA) is 30.5 Å². The highest BCUT2D eigenvalue weighted by atomic mass is 35.5. The first-order valence-corrected chi connectivity index (χ1v) is 9.39. The number of nitrogens with one attached hydrogen (secondary N) is 1. The maximum Gasteiger partial charge on any atom is 0.122 e. The lowest BCUT2D eigenvalue weighted by Crippen LogP contribution is -2.28. The molecule has 1 saturated heterocycles. The van der Waals surface area contributed by atoms with Gasteiger partial charge in [0.1, 0.15) is 11.5 Å². The number of ether oxygens (including phenoxy) is 2. The van der Waals surface area contributed by atoms with E-state index in [1.807, 2.05) is 6.07 Å². The third-order valence-corrected chi connectivity index (χ3v) is 5.03. The lowest BCUT2D eigenvalue weighted by atomic mass is 9.95. The molecule has 0 spiro atoms. The molecule has 1 N–H and O–H groups in total. The monoisotopic (exact) mass is 375 g/mol. The molecule has 0 amide bonds. The van der Waals surface area contributed by atoms with E-state index in [1.54, 1.807) is 7.11 Å². The van der Waals surface area contributed by atoms with Crippen LogP contribution in [0.1, 0.15) is 30.4 Å². The van der Waals surface area contributed by atoms with Crippen molar-refractivity contribution in [3.8, 4) is 11.5 Å². The Bertz CT molecular complexity index is 656. The lowest BCUT2D eigenvalue weighted by Gasteiger charge is -2.22. The van der Waals surface area contributed by atoms with Crippen LogP contribution in [0.4, 0.5) is 0 Å². The van der Waals surface area contributed by atoms with E-state index < -0.39 is 0 Å². The Kier molecular flexibility index (Phi) is 8.79. The van der Waals surface area contributed by atoms with Crippen molar-refractivity contribution in [1.29, 1.82) is 0 Å². The van der Waals surface area contributed by atoms with Crippen LogP contribution >= 0.6 is 12.4 Å². The highest BCUT2D eigenvalue weighted by Crippen LogP contribution is 2.23. The highest BCUT2D eigenvalue weighted by Gasteiger charge is 2.13. The summed E-state index contributed by atoms with van der Waals surface area (Å²) in [6, 6.07) is 16.7. The van der Waals surface area contributed by atoms with E-state index in [9.17, 15) is 0 Å². The van der Waals surface area contributed by atoms with Crippen LogP contribution < -0.4 is 14.8 Å². The maximum absolute atomic E-state index is 6.13. The fourth-order valence-electron chi connectivity index (χ4n) is 3.46. The second-order valence-electron chi connectivity index (χ2n) is 6.79. The number of piperidine rings is 1. The number of para-hydroxylation sites is 1. The predicted molar refractivity (Wildman–Crippen MR) is 110 cm³/mol. The van der Waals surface area contributed by atoms with Crippen LogP contribution in [-0.2, 0) is 12.8 Å². The van der Waals surface area contributed by atoms with Gasteiger partial charge in [-0.1, -0.05) is 30.3 Å². The quantitative estimate of drug-likeness (QED) is 0.727. The van der Waals surface area contributed by atoms with Gasteiger partial charge in [0.05, 0.1) is 13.7 Å². The molecule has 142 valence electrons. The minimum Gasteiger partial charge on any atom is -0.497 e. The number of hydrogen-bond donors (Lipinski definition) is 1.